The molecular weight excluding hydrogens is 492 g/mol. The summed E-state index contributed by atoms with van der Waals surface area (Å²) in [6.07, 6.45) is -0.182. The zero-order valence-electron chi connectivity index (χ0n) is 20.8. The topological polar surface area (TPSA) is 156 Å². The standard InChI is InChI=1S/C26H30N6O4S/c1-12-4-6-15(7-5-12)13(2)28-26-29-14(3)19(25-31-20-18(37-25)8-9-27-24(20)36)23(32-26)30-17-10-16(11-33)21(34)22(17)35/h4-9,13,16-17,21-22,33-35H,10-11H2,1-3H3,(H,27,36)(H2,28,29,30,32). The van der Waals surface area contributed by atoms with Crippen LogP contribution in [0.3, 0.4) is 0 Å². The molecule has 10 nitrogen and oxygen atoms in total. The molecule has 1 saturated carbocycles. The van der Waals surface area contributed by atoms with Gasteiger partial charge in [0.15, 0.2) is 0 Å². The van der Waals surface area contributed by atoms with Gasteiger partial charge in [-0.15, -0.1) is 11.3 Å². The van der Waals surface area contributed by atoms with Crippen molar-refractivity contribution in [3.8, 4) is 10.6 Å². The number of H-pyrrole nitrogens is 1. The Balaban J connectivity index is 1.55. The van der Waals surface area contributed by atoms with Gasteiger partial charge >= 0.3 is 0 Å². The van der Waals surface area contributed by atoms with Crippen molar-refractivity contribution in [3.63, 3.8) is 0 Å². The molecule has 0 aliphatic heterocycles. The van der Waals surface area contributed by atoms with E-state index in [0.717, 1.165) is 10.3 Å². The van der Waals surface area contributed by atoms with Crippen LogP contribution in [0.15, 0.2) is 41.3 Å². The van der Waals surface area contributed by atoms with Crippen molar-refractivity contribution < 1.29 is 15.3 Å². The maximum atomic E-state index is 12.3. The van der Waals surface area contributed by atoms with Crippen LogP contribution in [0, 0.1) is 19.8 Å². The molecule has 0 radical (unpaired) electrons. The number of aromatic amines is 1. The maximum absolute atomic E-state index is 12.3. The molecule has 5 unspecified atom stereocenters. The number of hydrogen-bond acceptors (Lipinski definition) is 10. The fourth-order valence-electron chi connectivity index (χ4n) is 4.73. The molecule has 6 N–H and O–H groups in total. The SMILES string of the molecule is Cc1ccc(C(C)Nc2nc(C)c(-c3nc4c(=O)[nH]ccc4s3)c(NC3CC(CO)C(O)C3O)n2)cc1. The third kappa shape index (κ3) is 4.95. The van der Waals surface area contributed by atoms with Gasteiger partial charge in [-0.1, -0.05) is 29.8 Å². The van der Waals surface area contributed by atoms with Crippen LogP contribution in [-0.2, 0) is 0 Å². The third-order valence-corrected chi connectivity index (χ3v) is 7.94. The second-order valence-corrected chi connectivity index (χ2v) is 10.6. The van der Waals surface area contributed by atoms with Gasteiger partial charge in [-0.25, -0.2) is 9.97 Å². The fraction of sp³-hybridized carbons (Fsp3) is 0.385. The maximum Gasteiger partial charge on any atom is 0.275 e. The Morgan fingerprint density at radius 2 is 1.86 bits per heavy atom. The van der Waals surface area contributed by atoms with E-state index in [1.807, 2.05) is 20.8 Å². The summed E-state index contributed by atoms with van der Waals surface area (Å²) in [6.45, 7) is 5.67. The summed E-state index contributed by atoms with van der Waals surface area (Å²) in [5.41, 5.74) is 3.56. The monoisotopic (exact) mass is 522 g/mol. The van der Waals surface area contributed by atoms with Crippen LogP contribution in [0.2, 0.25) is 0 Å². The molecule has 37 heavy (non-hydrogen) atoms. The number of aliphatic hydroxyl groups is 3. The van der Waals surface area contributed by atoms with Crippen LogP contribution >= 0.6 is 11.3 Å². The molecule has 3 aromatic heterocycles. The summed E-state index contributed by atoms with van der Waals surface area (Å²) in [7, 11) is 0. The largest absolute Gasteiger partial charge is 0.396 e. The van der Waals surface area contributed by atoms with Gasteiger partial charge in [0.25, 0.3) is 5.56 Å². The minimum atomic E-state index is -1.08. The average molecular weight is 523 g/mol. The van der Waals surface area contributed by atoms with Crippen molar-refractivity contribution in [3.05, 3.63) is 63.7 Å². The number of nitrogens with zero attached hydrogens (tertiary/aromatic N) is 3. The summed E-state index contributed by atoms with van der Waals surface area (Å²) in [6, 6.07) is 9.39. The first kappa shape index (κ1) is 25.3. The normalized spacial score (nSPS) is 22.3. The van der Waals surface area contributed by atoms with Crippen LogP contribution < -0.4 is 16.2 Å². The van der Waals surface area contributed by atoms with E-state index in [2.05, 4.69) is 44.9 Å². The van der Waals surface area contributed by atoms with Gasteiger partial charge in [0.05, 0.1) is 34.1 Å². The Labute approximate surface area is 217 Å². The number of aromatic nitrogens is 4. The quantitative estimate of drug-likeness (QED) is 0.215. The second kappa shape index (κ2) is 10.2. The highest BCUT2D eigenvalue weighted by Gasteiger charge is 2.41. The van der Waals surface area contributed by atoms with Crippen molar-refractivity contribution in [2.24, 2.45) is 5.92 Å². The van der Waals surface area contributed by atoms with Crippen LogP contribution in [0.4, 0.5) is 11.8 Å². The summed E-state index contributed by atoms with van der Waals surface area (Å²) in [4.78, 5) is 29.0. The lowest BCUT2D eigenvalue weighted by atomic mass is 10.1. The highest BCUT2D eigenvalue weighted by molar-refractivity contribution is 7.21. The smallest absolute Gasteiger partial charge is 0.275 e. The molecule has 1 fully saturated rings. The number of anilines is 2. The molecule has 1 aliphatic rings. The molecule has 194 valence electrons. The van der Waals surface area contributed by atoms with E-state index in [9.17, 15) is 20.1 Å². The Hall–Kier alpha value is -3.38. The van der Waals surface area contributed by atoms with Crippen molar-refractivity contribution in [1.29, 1.82) is 0 Å². The summed E-state index contributed by atoms with van der Waals surface area (Å²) >= 11 is 1.35. The molecule has 1 aromatic carbocycles. The van der Waals surface area contributed by atoms with E-state index in [4.69, 9.17) is 9.97 Å². The molecule has 0 amide bonds. The number of hydrogen-bond donors (Lipinski definition) is 6. The van der Waals surface area contributed by atoms with Crippen molar-refractivity contribution in [1.82, 2.24) is 19.9 Å². The number of fused-ring (bicyclic) bond motifs is 1. The van der Waals surface area contributed by atoms with Gasteiger partial charge in [0.1, 0.15) is 22.4 Å². The van der Waals surface area contributed by atoms with E-state index < -0.39 is 24.2 Å². The number of benzene rings is 1. The van der Waals surface area contributed by atoms with Gasteiger partial charge < -0.3 is 30.9 Å². The second-order valence-electron chi connectivity index (χ2n) is 9.58. The summed E-state index contributed by atoms with van der Waals surface area (Å²) in [5.74, 6) is 0.373. The lowest BCUT2D eigenvalue weighted by Crippen LogP contribution is -2.35. The van der Waals surface area contributed by atoms with Gasteiger partial charge in [0.2, 0.25) is 5.95 Å². The van der Waals surface area contributed by atoms with Crippen molar-refractivity contribution in [2.75, 3.05) is 17.2 Å². The fourth-order valence-corrected chi connectivity index (χ4v) is 5.79. The first-order chi connectivity index (χ1) is 17.7. The zero-order valence-corrected chi connectivity index (χ0v) is 21.6. The molecule has 0 bridgehead atoms. The molecular formula is C26H30N6O4S. The Morgan fingerprint density at radius 3 is 2.54 bits per heavy atom. The molecule has 11 heteroatoms. The first-order valence-corrected chi connectivity index (χ1v) is 13.0. The molecule has 5 atom stereocenters. The van der Waals surface area contributed by atoms with E-state index in [-0.39, 0.29) is 18.2 Å². The van der Waals surface area contributed by atoms with Crippen molar-refractivity contribution >= 4 is 33.3 Å². The van der Waals surface area contributed by atoms with E-state index in [1.54, 1.807) is 12.3 Å². The molecule has 3 heterocycles. The van der Waals surface area contributed by atoms with Gasteiger partial charge in [0, 0.05) is 18.7 Å². The predicted molar refractivity (Wildman–Crippen MR) is 144 cm³/mol. The Bertz CT molecular complexity index is 1470. The van der Waals surface area contributed by atoms with Crippen LogP contribution in [0.5, 0.6) is 0 Å². The highest BCUT2D eigenvalue weighted by Crippen LogP contribution is 2.37. The minimum Gasteiger partial charge on any atom is -0.396 e. The van der Waals surface area contributed by atoms with E-state index >= 15 is 0 Å². The van der Waals surface area contributed by atoms with Crippen LogP contribution in [-0.4, -0.2) is 60.1 Å². The Kier molecular flexibility index (Phi) is 6.95. The van der Waals surface area contributed by atoms with Crippen LogP contribution in [0.25, 0.3) is 20.8 Å². The number of thiazole rings is 1. The summed E-state index contributed by atoms with van der Waals surface area (Å²) in [5, 5.41) is 37.8. The number of nitrogens with one attached hydrogen (secondary N) is 3. The van der Waals surface area contributed by atoms with Gasteiger partial charge in [-0.2, -0.15) is 4.98 Å². The molecule has 4 aromatic rings. The third-order valence-electron chi connectivity index (χ3n) is 6.90. The van der Waals surface area contributed by atoms with Crippen LogP contribution in [0.1, 0.15) is 36.2 Å². The molecule has 1 aliphatic carbocycles. The molecule has 0 saturated heterocycles. The number of aryl methyl sites for hydroxylation is 2. The van der Waals surface area contributed by atoms with E-state index in [0.29, 0.717) is 40.0 Å². The minimum absolute atomic E-state index is 0.0719. The highest BCUT2D eigenvalue weighted by atomic mass is 32.1. The first-order valence-electron chi connectivity index (χ1n) is 12.2. The van der Waals surface area contributed by atoms with E-state index in [1.165, 1.54) is 16.9 Å². The van der Waals surface area contributed by atoms with Gasteiger partial charge in [-0.3, -0.25) is 4.79 Å². The lowest BCUT2D eigenvalue weighted by Gasteiger charge is -2.22. The summed E-state index contributed by atoms with van der Waals surface area (Å²) < 4.78 is 0.732. The average Bonchev–Trinajstić information content (AvgIpc) is 3.41. The zero-order chi connectivity index (χ0) is 26.3. The molecule has 5 rings (SSSR count). The predicted octanol–water partition coefficient (Wildman–Crippen LogP) is 2.75. The lowest BCUT2D eigenvalue weighted by molar-refractivity contribution is 0.00446. The van der Waals surface area contributed by atoms with Crippen molar-refractivity contribution in [2.45, 2.75) is 51.5 Å². The molecule has 0 spiro atoms. The van der Waals surface area contributed by atoms with Gasteiger partial charge in [-0.05, 0) is 38.8 Å². The number of aliphatic hydroxyl groups excluding tert-OH is 3. The number of pyridine rings is 1. The Morgan fingerprint density at radius 1 is 1.11 bits per heavy atom. The number of rotatable bonds is 7.